The zero-order valence-electron chi connectivity index (χ0n) is 9.63. The van der Waals surface area contributed by atoms with Crippen LogP contribution in [0.1, 0.15) is 12.5 Å². The molecule has 0 aliphatic carbocycles. The molecule has 1 aromatic heterocycles. The van der Waals surface area contributed by atoms with Crippen molar-refractivity contribution >= 4 is 10.9 Å². The van der Waals surface area contributed by atoms with Gasteiger partial charge in [-0.2, -0.15) is 13.2 Å². The van der Waals surface area contributed by atoms with Crippen LogP contribution in [0.3, 0.4) is 0 Å². The van der Waals surface area contributed by atoms with Gasteiger partial charge in [-0.15, -0.1) is 0 Å². The highest BCUT2D eigenvalue weighted by atomic mass is 19.4. The lowest BCUT2D eigenvalue weighted by atomic mass is 10.1. The highest BCUT2D eigenvalue weighted by Gasteiger charge is 2.36. The van der Waals surface area contributed by atoms with Crippen LogP contribution in [-0.2, 0) is 12.7 Å². The van der Waals surface area contributed by atoms with Gasteiger partial charge in [0.05, 0.1) is 0 Å². The van der Waals surface area contributed by atoms with Crippen molar-refractivity contribution in [2.45, 2.75) is 25.7 Å². The molecule has 0 saturated heterocycles. The summed E-state index contributed by atoms with van der Waals surface area (Å²) in [4.78, 5) is 0. The van der Waals surface area contributed by atoms with Crippen molar-refractivity contribution < 1.29 is 17.6 Å². The van der Waals surface area contributed by atoms with Gasteiger partial charge in [0.1, 0.15) is 11.4 Å². The number of halogens is 4. The zero-order valence-corrected chi connectivity index (χ0v) is 9.63. The monoisotopic (exact) mass is 260 g/mol. The molecule has 1 heterocycles. The minimum absolute atomic E-state index is 0.136. The predicted molar refractivity (Wildman–Crippen MR) is 60.5 cm³/mol. The second-order valence-electron chi connectivity index (χ2n) is 4.30. The van der Waals surface area contributed by atoms with Crippen molar-refractivity contribution in [3.05, 3.63) is 35.8 Å². The fraction of sp³-hybridized carbons (Fsp3) is 0.333. The number of aromatic nitrogens is 1. The smallest absolute Gasteiger partial charge is 0.346 e. The largest absolute Gasteiger partial charge is 0.419 e. The van der Waals surface area contributed by atoms with Gasteiger partial charge < -0.3 is 10.3 Å². The lowest BCUT2D eigenvalue weighted by Gasteiger charge is -2.12. The fourth-order valence-corrected chi connectivity index (χ4v) is 2.00. The molecule has 0 aliphatic rings. The van der Waals surface area contributed by atoms with Gasteiger partial charge in [-0.25, -0.2) is 4.39 Å². The number of nitrogens with two attached hydrogens (primary N) is 1. The third-order valence-corrected chi connectivity index (χ3v) is 2.67. The molecule has 2 aromatic rings. The maximum absolute atomic E-state index is 13.3. The Morgan fingerprint density at radius 1 is 1.28 bits per heavy atom. The van der Waals surface area contributed by atoms with Gasteiger partial charge >= 0.3 is 6.18 Å². The quantitative estimate of drug-likeness (QED) is 0.826. The molecule has 0 saturated carbocycles. The predicted octanol–water partition coefficient (Wildman–Crippen LogP) is 3.15. The molecule has 0 bridgehead atoms. The highest BCUT2D eigenvalue weighted by Crippen LogP contribution is 2.37. The average Bonchev–Trinajstić information content (AvgIpc) is 2.58. The summed E-state index contributed by atoms with van der Waals surface area (Å²) in [5, 5.41) is -0.136. The Morgan fingerprint density at radius 3 is 2.50 bits per heavy atom. The molecule has 6 heteroatoms. The topological polar surface area (TPSA) is 30.9 Å². The van der Waals surface area contributed by atoms with Crippen LogP contribution in [0.4, 0.5) is 17.6 Å². The Bertz CT molecular complexity index is 569. The molecule has 0 aliphatic heterocycles. The average molecular weight is 260 g/mol. The molecule has 1 atom stereocenters. The van der Waals surface area contributed by atoms with E-state index in [0.29, 0.717) is 12.1 Å². The van der Waals surface area contributed by atoms with E-state index >= 15 is 0 Å². The summed E-state index contributed by atoms with van der Waals surface area (Å²) in [6.07, 6.45) is -3.22. The van der Waals surface area contributed by atoms with E-state index in [-0.39, 0.29) is 11.4 Å². The molecule has 18 heavy (non-hydrogen) atoms. The van der Waals surface area contributed by atoms with Crippen LogP contribution < -0.4 is 5.73 Å². The Hall–Kier alpha value is -1.56. The number of fused-ring (bicyclic) bond motifs is 1. The van der Waals surface area contributed by atoms with Crippen LogP contribution in [0.5, 0.6) is 0 Å². The van der Waals surface area contributed by atoms with Crippen LogP contribution in [0.15, 0.2) is 24.4 Å². The molecule has 0 spiro atoms. The van der Waals surface area contributed by atoms with Crippen LogP contribution >= 0.6 is 0 Å². The van der Waals surface area contributed by atoms with Crippen molar-refractivity contribution in [2.24, 2.45) is 5.73 Å². The third kappa shape index (κ3) is 2.20. The first-order chi connectivity index (χ1) is 8.30. The van der Waals surface area contributed by atoms with Gasteiger partial charge in [0.2, 0.25) is 0 Å². The lowest BCUT2D eigenvalue weighted by molar-refractivity contribution is -0.138. The van der Waals surface area contributed by atoms with E-state index in [1.54, 1.807) is 11.5 Å². The van der Waals surface area contributed by atoms with Crippen molar-refractivity contribution in [1.82, 2.24) is 4.57 Å². The summed E-state index contributed by atoms with van der Waals surface area (Å²) in [5.74, 6) is -1.26. The van der Waals surface area contributed by atoms with E-state index in [0.717, 1.165) is 6.07 Å². The minimum Gasteiger partial charge on any atom is -0.346 e. The Balaban J connectivity index is 2.65. The van der Waals surface area contributed by atoms with Gasteiger partial charge in [0.15, 0.2) is 0 Å². The molecule has 1 unspecified atom stereocenters. The number of benzene rings is 1. The van der Waals surface area contributed by atoms with Crippen molar-refractivity contribution in [3.63, 3.8) is 0 Å². The minimum atomic E-state index is -4.70. The Labute approximate surface area is 101 Å². The number of nitrogens with zero attached hydrogens (tertiary/aromatic N) is 1. The number of hydrogen-bond donors (Lipinski definition) is 1. The van der Waals surface area contributed by atoms with E-state index in [4.69, 9.17) is 5.73 Å². The maximum atomic E-state index is 13.3. The van der Waals surface area contributed by atoms with Crippen LogP contribution in [0.2, 0.25) is 0 Å². The van der Waals surface area contributed by atoms with Crippen molar-refractivity contribution in [3.8, 4) is 0 Å². The van der Waals surface area contributed by atoms with Gasteiger partial charge in [-0.05, 0) is 25.1 Å². The maximum Gasteiger partial charge on any atom is 0.419 e. The number of alkyl halides is 3. The zero-order chi connectivity index (χ0) is 13.5. The van der Waals surface area contributed by atoms with E-state index in [1.807, 2.05) is 0 Å². The van der Waals surface area contributed by atoms with Gasteiger partial charge in [-0.1, -0.05) is 0 Å². The van der Waals surface area contributed by atoms with Crippen LogP contribution in [0, 0.1) is 5.82 Å². The summed E-state index contributed by atoms with van der Waals surface area (Å²) < 4.78 is 53.3. The van der Waals surface area contributed by atoms with E-state index in [9.17, 15) is 17.6 Å². The van der Waals surface area contributed by atoms with Crippen LogP contribution in [0.25, 0.3) is 10.9 Å². The first kappa shape index (κ1) is 12.9. The molecule has 98 valence electrons. The summed E-state index contributed by atoms with van der Waals surface area (Å²) in [7, 11) is 0. The van der Waals surface area contributed by atoms with Crippen molar-refractivity contribution in [1.29, 1.82) is 0 Å². The lowest BCUT2D eigenvalue weighted by Crippen LogP contribution is -2.21. The van der Waals surface area contributed by atoms with Crippen LogP contribution in [-0.4, -0.2) is 10.6 Å². The fourth-order valence-electron chi connectivity index (χ4n) is 2.00. The summed E-state index contributed by atoms with van der Waals surface area (Å²) in [5.41, 5.74) is 4.73. The van der Waals surface area contributed by atoms with E-state index in [1.165, 1.54) is 18.3 Å². The molecule has 2 rings (SSSR count). The number of hydrogen-bond acceptors (Lipinski definition) is 1. The van der Waals surface area contributed by atoms with E-state index < -0.39 is 17.6 Å². The second-order valence-corrected chi connectivity index (χ2v) is 4.30. The molecule has 0 fully saturated rings. The van der Waals surface area contributed by atoms with Gasteiger partial charge in [-0.3, -0.25) is 0 Å². The Morgan fingerprint density at radius 2 is 1.94 bits per heavy atom. The summed E-state index contributed by atoms with van der Waals surface area (Å²) >= 11 is 0. The molecule has 2 nitrogen and oxygen atoms in total. The summed E-state index contributed by atoms with van der Waals surface area (Å²) in [6, 6.07) is 3.24. The molecule has 1 aromatic carbocycles. The molecule has 0 amide bonds. The number of rotatable bonds is 2. The third-order valence-electron chi connectivity index (χ3n) is 2.67. The van der Waals surface area contributed by atoms with Gasteiger partial charge in [0.25, 0.3) is 0 Å². The first-order valence-corrected chi connectivity index (χ1v) is 5.41. The highest BCUT2D eigenvalue weighted by molar-refractivity contribution is 5.84. The standard InChI is InChI=1S/C12H12F4N2/c1-7(17)6-18-5-4-8-10(18)3-2-9(13)11(8)12(14,15)16/h2-5,7H,6,17H2,1H3. The normalized spacial score (nSPS) is 14.1. The molecule has 2 N–H and O–H groups in total. The SMILES string of the molecule is CC(N)Cn1ccc2c(C(F)(F)F)c(F)ccc21. The Kier molecular flexibility index (Phi) is 3.06. The summed E-state index contributed by atoms with van der Waals surface area (Å²) in [6.45, 7) is 2.13. The molecule has 0 radical (unpaired) electrons. The molecular formula is C12H12F4N2. The van der Waals surface area contributed by atoms with E-state index in [2.05, 4.69) is 0 Å². The molecular weight excluding hydrogens is 248 g/mol. The van der Waals surface area contributed by atoms with Gasteiger partial charge in [0, 0.05) is 29.7 Å². The first-order valence-electron chi connectivity index (χ1n) is 5.41. The van der Waals surface area contributed by atoms with Crippen molar-refractivity contribution in [2.75, 3.05) is 0 Å². The second kappa shape index (κ2) is 4.28.